The number of ether oxygens (including phenoxy) is 1. The van der Waals surface area contributed by atoms with Gasteiger partial charge in [-0.2, -0.15) is 5.06 Å². The Hall–Kier alpha value is -1.92. The number of nitrogens with zero attached hydrogens (tertiary/aromatic N) is 1. The number of benzene rings is 1. The zero-order chi connectivity index (χ0) is 17.7. The molecule has 6 nitrogen and oxygen atoms in total. The van der Waals surface area contributed by atoms with Crippen molar-refractivity contribution in [2.75, 3.05) is 18.2 Å². The van der Waals surface area contributed by atoms with Gasteiger partial charge in [0.2, 0.25) is 6.41 Å². The van der Waals surface area contributed by atoms with E-state index in [9.17, 15) is 9.59 Å². The van der Waals surface area contributed by atoms with E-state index in [0.29, 0.717) is 18.7 Å². The summed E-state index contributed by atoms with van der Waals surface area (Å²) in [6.07, 6.45) is 1.14. The Bertz CT molecular complexity index is 565. The molecular weight excluding hydrogens is 308 g/mol. The molecule has 132 valence electrons. The molecule has 1 amide bonds. The van der Waals surface area contributed by atoms with Crippen molar-refractivity contribution in [3.8, 4) is 0 Å². The molecule has 0 spiro atoms. The van der Waals surface area contributed by atoms with E-state index in [-0.39, 0.29) is 18.1 Å². The second-order valence-corrected chi connectivity index (χ2v) is 6.93. The minimum Gasteiger partial charge on any atom is -0.446 e. The Morgan fingerprint density at radius 2 is 2.00 bits per heavy atom. The Morgan fingerprint density at radius 1 is 1.33 bits per heavy atom. The Morgan fingerprint density at radius 3 is 2.54 bits per heavy atom. The third-order valence-electron chi connectivity index (χ3n) is 3.94. The van der Waals surface area contributed by atoms with Crippen LogP contribution in [0.1, 0.15) is 45.6 Å². The summed E-state index contributed by atoms with van der Waals surface area (Å²) in [6.45, 7) is 8.54. The van der Waals surface area contributed by atoms with Gasteiger partial charge >= 0.3 is 5.97 Å². The Kier molecular flexibility index (Phi) is 5.96. The lowest BCUT2D eigenvalue weighted by Gasteiger charge is -2.20. The van der Waals surface area contributed by atoms with Crippen LogP contribution in [0.2, 0.25) is 0 Å². The molecule has 1 heterocycles. The first-order valence-corrected chi connectivity index (χ1v) is 8.27. The highest BCUT2D eigenvalue weighted by atomic mass is 16.7. The van der Waals surface area contributed by atoms with E-state index in [0.717, 1.165) is 18.5 Å². The summed E-state index contributed by atoms with van der Waals surface area (Å²) in [5.41, 5.74) is 1.33. The van der Waals surface area contributed by atoms with Gasteiger partial charge in [0.05, 0.1) is 17.7 Å². The first kappa shape index (κ1) is 18.4. The number of hydrogen-bond acceptors (Lipinski definition) is 5. The Labute approximate surface area is 143 Å². The summed E-state index contributed by atoms with van der Waals surface area (Å²) in [5, 5.41) is 4.46. The van der Waals surface area contributed by atoms with Crippen LogP contribution in [0.5, 0.6) is 0 Å². The molecule has 0 saturated carbocycles. The maximum absolute atomic E-state index is 12.0. The number of hydrogen-bond donors (Lipinski definition) is 1. The van der Waals surface area contributed by atoms with Crippen molar-refractivity contribution < 1.29 is 19.2 Å². The van der Waals surface area contributed by atoms with Gasteiger partial charge in [-0.05, 0) is 45.4 Å². The van der Waals surface area contributed by atoms with Crippen molar-refractivity contribution in [2.24, 2.45) is 5.41 Å². The van der Waals surface area contributed by atoms with Gasteiger partial charge in [-0.1, -0.05) is 12.1 Å². The average molecular weight is 334 g/mol. The summed E-state index contributed by atoms with van der Waals surface area (Å²) in [4.78, 5) is 28.2. The Balaban J connectivity index is 1.96. The van der Waals surface area contributed by atoms with Gasteiger partial charge in [-0.3, -0.25) is 19.7 Å². The quantitative estimate of drug-likeness (QED) is 0.492. The molecule has 1 aliphatic rings. The highest BCUT2D eigenvalue weighted by molar-refractivity contribution is 5.75. The highest BCUT2D eigenvalue weighted by Gasteiger charge is 2.31. The number of rotatable bonds is 6. The number of amides is 1. The summed E-state index contributed by atoms with van der Waals surface area (Å²) >= 11 is 0. The molecule has 0 radical (unpaired) electrons. The molecule has 0 aromatic heterocycles. The average Bonchev–Trinajstić information content (AvgIpc) is 3.00. The minimum absolute atomic E-state index is 0.200. The van der Waals surface area contributed by atoms with Gasteiger partial charge in [0.25, 0.3) is 0 Å². The molecule has 0 aliphatic carbocycles. The summed E-state index contributed by atoms with van der Waals surface area (Å²) in [5.74, 6) is 0.0722. The van der Waals surface area contributed by atoms with Crippen LogP contribution in [-0.4, -0.2) is 31.8 Å². The topological polar surface area (TPSA) is 67.9 Å². The van der Waals surface area contributed by atoms with Gasteiger partial charge in [-0.25, -0.2) is 0 Å². The fourth-order valence-corrected chi connectivity index (χ4v) is 2.55. The molecule has 1 N–H and O–H groups in total. The van der Waals surface area contributed by atoms with E-state index < -0.39 is 5.41 Å². The van der Waals surface area contributed by atoms with E-state index in [2.05, 4.69) is 5.32 Å². The third-order valence-corrected chi connectivity index (χ3v) is 3.94. The van der Waals surface area contributed by atoms with Crippen molar-refractivity contribution in [3.63, 3.8) is 0 Å². The van der Waals surface area contributed by atoms with Gasteiger partial charge < -0.3 is 4.74 Å². The molecule has 1 aliphatic heterocycles. The van der Waals surface area contributed by atoms with Crippen LogP contribution in [0, 0.1) is 5.41 Å². The van der Waals surface area contributed by atoms with Crippen LogP contribution in [0.3, 0.4) is 0 Å². The first-order valence-electron chi connectivity index (χ1n) is 8.27. The summed E-state index contributed by atoms with van der Waals surface area (Å²) in [6, 6.07) is 7.66. The zero-order valence-corrected chi connectivity index (χ0v) is 14.7. The van der Waals surface area contributed by atoms with Crippen molar-refractivity contribution in [1.29, 1.82) is 0 Å². The van der Waals surface area contributed by atoms with Crippen LogP contribution >= 0.6 is 0 Å². The number of carbonyl (C=O) groups is 2. The van der Waals surface area contributed by atoms with E-state index in [1.807, 2.05) is 52.0 Å². The fourth-order valence-electron chi connectivity index (χ4n) is 2.55. The largest absolute Gasteiger partial charge is 0.446 e. The van der Waals surface area contributed by atoms with Gasteiger partial charge in [-0.15, -0.1) is 0 Å². The molecule has 2 unspecified atom stereocenters. The molecule has 1 aromatic rings. The van der Waals surface area contributed by atoms with E-state index in [1.165, 1.54) is 5.06 Å². The summed E-state index contributed by atoms with van der Waals surface area (Å²) < 4.78 is 5.51. The predicted molar refractivity (Wildman–Crippen MR) is 91.3 cm³/mol. The van der Waals surface area contributed by atoms with E-state index in [1.54, 1.807) is 0 Å². The standard InChI is InChI=1S/C18H26N2O4/c1-5-23-20(12-21)15-8-6-13(7-9-15)14-10-16(19-11-14)24-17(22)18(2,3)4/h6-9,12,14,16,19H,5,10-11H2,1-4H3. The molecular formula is C18H26N2O4. The molecule has 24 heavy (non-hydrogen) atoms. The van der Waals surface area contributed by atoms with Crippen LogP contribution in [0.25, 0.3) is 0 Å². The maximum atomic E-state index is 12.0. The number of hydroxylamine groups is 1. The predicted octanol–water partition coefficient (Wildman–Crippen LogP) is 2.59. The monoisotopic (exact) mass is 334 g/mol. The van der Waals surface area contributed by atoms with Crippen molar-refractivity contribution >= 4 is 18.1 Å². The maximum Gasteiger partial charge on any atom is 0.312 e. The number of esters is 1. The van der Waals surface area contributed by atoms with Crippen LogP contribution in [-0.2, 0) is 19.2 Å². The lowest BCUT2D eigenvalue weighted by molar-refractivity contribution is -0.159. The number of nitrogens with one attached hydrogen (secondary N) is 1. The van der Waals surface area contributed by atoms with Crippen LogP contribution in [0.4, 0.5) is 5.69 Å². The van der Waals surface area contributed by atoms with Gasteiger partial charge in [0, 0.05) is 18.9 Å². The minimum atomic E-state index is -0.501. The molecule has 1 fully saturated rings. The van der Waals surface area contributed by atoms with Gasteiger partial charge in [0.15, 0.2) is 6.23 Å². The third kappa shape index (κ3) is 4.55. The van der Waals surface area contributed by atoms with Crippen LogP contribution < -0.4 is 10.4 Å². The van der Waals surface area contributed by atoms with Crippen molar-refractivity contribution in [3.05, 3.63) is 29.8 Å². The second kappa shape index (κ2) is 7.77. The number of anilines is 1. The van der Waals surface area contributed by atoms with Crippen LogP contribution in [0.15, 0.2) is 24.3 Å². The van der Waals surface area contributed by atoms with E-state index in [4.69, 9.17) is 9.57 Å². The van der Waals surface area contributed by atoms with E-state index >= 15 is 0 Å². The molecule has 1 saturated heterocycles. The van der Waals surface area contributed by atoms with Crippen molar-refractivity contribution in [1.82, 2.24) is 5.32 Å². The lowest BCUT2D eigenvalue weighted by Crippen LogP contribution is -2.33. The fraction of sp³-hybridized carbons (Fsp3) is 0.556. The first-order chi connectivity index (χ1) is 11.3. The normalized spacial score (nSPS) is 20.7. The molecule has 1 aromatic carbocycles. The highest BCUT2D eigenvalue weighted by Crippen LogP contribution is 2.29. The summed E-state index contributed by atoms with van der Waals surface area (Å²) in [7, 11) is 0. The SMILES string of the molecule is CCON(C=O)c1ccc(C2CNC(OC(=O)C(C)(C)C)C2)cc1. The molecule has 2 rings (SSSR count). The molecule has 2 atom stereocenters. The number of carbonyl (C=O) groups excluding carboxylic acids is 2. The smallest absolute Gasteiger partial charge is 0.312 e. The van der Waals surface area contributed by atoms with Gasteiger partial charge in [0.1, 0.15) is 0 Å². The molecule has 0 bridgehead atoms. The zero-order valence-electron chi connectivity index (χ0n) is 14.7. The lowest BCUT2D eigenvalue weighted by atomic mass is 9.96. The second-order valence-electron chi connectivity index (χ2n) is 6.93. The molecule has 6 heteroatoms. The van der Waals surface area contributed by atoms with Crippen molar-refractivity contribution in [2.45, 2.75) is 46.3 Å².